The molecule has 0 aliphatic rings. The molecule has 7 nitrogen and oxygen atoms in total. The summed E-state index contributed by atoms with van der Waals surface area (Å²) in [7, 11) is -3.28. The Balaban J connectivity index is 1.92. The number of aryl methyl sites for hydroxylation is 1. The number of nitrogens with zero attached hydrogens (tertiary/aromatic N) is 3. The third-order valence-corrected chi connectivity index (χ3v) is 5.63. The van der Waals surface area contributed by atoms with Crippen LogP contribution in [0.1, 0.15) is 36.1 Å². The lowest BCUT2D eigenvalue weighted by atomic mass is 10.3. The number of nitrogens with one attached hydrogen (secondary N) is 1. The van der Waals surface area contributed by atoms with Gasteiger partial charge < -0.3 is 0 Å². The van der Waals surface area contributed by atoms with Crippen molar-refractivity contribution >= 4 is 42.4 Å². The van der Waals surface area contributed by atoms with E-state index in [1.807, 2.05) is 20.8 Å². The third kappa shape index (κ3) is 3.57. The summed E-state index contributed by atoms with van der Waals surface area (Å²) in [4.78, 5) is 17.1. The largest absolute Gasteiger partial charge is 0.296 e. The van der Waals surface area contributed by atoms with Crippen molar-refractivity contribution in [1.82, 2.24) is 14.8 Å². The van der Waals surface area contributed by atoms with Gasteiger partial charge in [0.2, 0.25) is 0 Å². The Morgan fingerprint density at radius 1 is 1.28 bits per heavy atom. The lowest BCUT2D eigenvalue weighted by Gasteiger charge is -2.09. The number of aromatic nitrogens is 3. The molecule has 0 unspecified atom stereocenters. The van der Waals surface area contributed by atoms with Crippen molar-refractivity contribution in [2.24, 2.45) is 0 Å². The SMILES string of the molecule is Cc1cc(C(=O)Nc2nc3ccc(S(C)(=O)=O)cc3s2)n(C(C)C)n1. The molecule has 2 heterocycles. The number of thiazole rings is 1. The predicted octanol–water partition coefficient (Wildman–Crippen LogP) is 3.04. The summed E-state index contributed by atoms with van der Waals surface area (Å²) < 4.78 is 25.7. The summed E-state index contributed by atoms with van der Waals surface area (Å²) in [6.45, 7) is 5.74. The van der Waals surface area contributed by atoms with E-state index in [1.54, 1.807) is 22.9 Å². The van der Waals surface area contributed by atoms with Crippen LogP contribution in [0, 0.1) is 6.92 Å². The molecular formula is C16H18N4O3S2. The van der Waals surface area contributed by atoms with Gasteiger partial charge in [-0.3, -0.25) is 14.8 Å². The van der Waals surface area contributed by atoms with Crippen molar-refractivity contribution in [3.05, 3.63) is 35.7 Å². The fourth-order valence-corrected chi connectivity index (χ4v) is 4.05. The topological polar surface area (TPSA) is 94.0 Å². The van der Waals surface area contributed by atoms with E-state index in [0.717, 1.165) is 11.9 Å². The van der Waals surface area contributed by atoms with E-state index in [0.29, 0.717) is 21.0 Å². The molecule has 0 aliphatic heterocycles. The second-order valence-corrected chi connectivity index (χ2v) is 9.13. The van der Waals surface area contributed by atoms with Crippen LogP contribution in [0.25, 0.3) is 10.2 Å². The first kappa shape index (κ1) is 17.6. The molecule has 3 rings (SSSR count). The number of benzene rings is 1. The molecule has 132 valence electrons. The van der Waals surface area contributed by atoms with Gasteiger partial charge in [0.05, 0.1) is 20.8 Å². The fraction of sp³-hybridized carbons (Fsp3) is 0.312. The first-order valence-electron chi connectivity index (χ1n) is 7.63. The molecule has 0 saturated heterocycles. The predicted molar refractivity (Wildman–Crippen MR) is 98.0 cm³/mol. The van der Waals surface area contributed by atoms with Crippen molar-refractivity contribution in [2.75, 3.05) is 11.6 Å². The highest BCUT2D eigenvalue weighted by molar-refractivity contribution is 7.90. The van der Waals surface area contributed by atoms with E-state index >= 15 is 0 Å². The van der Waals surface area contributed by atoms with Gasteiger partial charge in [-0.1, -0.05) is 11.3 Å². The van der Waals surface area contributed by atoms with Gasteiger partial charge in [0, 0.05) is 12.3 Å². The molecule has 2 aromatic heterocycles. The normalized spacial score (nSPS) is 12.0. The summed E-state index contributed by atoms with van der Waals surface area (Å²) in [6.07, 6.45) is 1.16. The van der Waals surface area contributed by atoms with Crippen LogP contribution in [-0.2, 0) is 9.84 Å². The lowest BCUT2D eigenvalue weighted by molar-refractivity contribution is 0.101. The zero-order chi connectivity index (χ0) is 18.4. The first-order valence-corrected chi connectivity index (χ1v) is 10.3. The van der Waals surface area contributed by atoms with Gasteiger partial charge in [0.25, 0.3) is 5.91 Å². The van der Waals surface area contributed by atoms with E-state index in [-0.39, 0.29) is 16.8 Å². The summed E-state index contributed by atoms with van der Waals surface area (Å²) in [5, 5.41) is 7.52. The van der Waals surface area contributed by atoms with Crippen LogP contribution >= 0.6 is 11.3 Å². The van der Waals surface area contributed by atoms with E-state index in [2.05, 4.69) is 15.4 Å². The first-order chi connectivity index (χ1) is 11.6. The highest BCUT2D eigenvalue weighted by atomic mass is 32.2. The van der Waals surface area contributed by atoms with Crippen LogP contribution in [0.5, 0.6) is 0 Å². The molecule has 0 atom stereocenters. The third-order valence-electron chi connectivity index (χ3n) is 3.59. The van der Waals surface area contributed by atoms with Crippen molar-refractivity contribution in [3.63, 3.8) is 0 Å². The Kier molecular flexibility index (Phi) is 4.38. The highest BCUT2D eigenvalue weighted by Gasteiger charge is 2.18. The average molecular weight is 378 g/mol. The molecule has 0 radical (unpaired) electrons. The number of rotatable bonds is 4. The number of carbonyl (C=O) groups is 1. The maximum absolute atomic E-state index is 12.6. The molecular weight excluding hydrogens is 360 g/mol. The number of carbonyl (C=O) groups excluding carboxylic acids is 1. The van der Waals surface area contributed by atoms with Gasteiger partial charge in [-0.05, 0) is 45.0 Å². The number of hydrogen-bond donors (Lipinski definition) is 1. The summed E-state index contributed by atoms with van der Waals surface area (Å²) >= 11 is 1.23. The zero-order valence-corrected chi connectivity index (χ0v) is 15.9. The summed E-state index contributed by atoms with van der Waals surface area (Å²) in [5.74, 6) is -0.295. The Bertz CT molecular complexity index is 1060. The lowest BCUT2D eigenvalue weighted by Crippen LogP contribution is -2.18. The number of fused-ring (bicyclic) bond motifs is 1. The van der Waals surface area contributed by atoms with Crippen molar-refractivity contribution in [1.29, 1.82) is 0 Å². The minimum Gasteiger partial charge on any atom is -0.296 e. The minimum absolute atomic E-state index is 0.0575. The number of hydrogen-bond acceptors (Lipinski definition) is 6. The maximum atomic E-state index is 12.6. The van der Waals surface area contributed by atoms with Gasteiger partial charge in [-0.25, -0.2) is 13.4 Å². The molecule has 1 N–H and O–H groups in total. The zero-order valence-electron chi connectivity index (χ0n) is 14.3. The fourth-order valence-electron chi connectivity index (χ4n) is 2.43. The van der Waals surface area contributed by atoms with Crippen LogP contribution < -0.4 is 5.32 Å². The molecule has 0 fully saturated rings. The summed E-state index contributed by atoms with van der Waals surface area (Å²) in [6, 6.07) is 6.51. The van der Waals surface area contributed by atoms with Crippen LogP contribution in [0.2, 0.25) is 0 Å². The molecule has 9 heteroatoms. The monoisotopic (exact) mass is 378 g/mol. The molecule has 0 saturated carbocycles. The Labute approximate surface area is 149 Å². The van der Waals surface area contributed by atoms with Crippen molar-refractivity contribution in [3.8, 4) is 0 Å². The molecule has 3 aromatic rings. The van der Waals surface area contributed by atoms with Crippen LogP contribution in [-0.4, -0.2) is 35.3 Å². The average Bonchev–Trinajstić information content (AvgIpc) is 3.08. The highest BCUT2D eigenvalue weighted by Crippen LogP contribution is 2.28. The Morgan fingerprint density at radius 3 is 2.64 bits per heavy atom. The van der Waals surface area contributed by atoms with Crippen molar-refractivity contribution in [2.45, 2.75) is 31.7 Å². The molecule has 25 heavy (non-hydrogen) atoms. The molecule has 1 aromatic carbocycles. The molecule has 1 amide bonds. The van der Waals surface area contributed by atoms with Gasteiger partial charge >= 0.3 is 0 Å². The number of amides is 1. The second kappa shape index (κ2) is 6.23. The van der Waals surface area contributed by atoms with Gasteiger partial charge in [-0.15, -0.1) is 0 Å². The van der Waals surface area contributed by atoms with Gasteiger partial charge in [0.1, 0.15) is 5.69 Å². The Morgan fingerprint density at radius 2 is 2.00 bits per heavy atom. The van der Waals surface area contributed by atoms with E-state index in [1.165, 1.54) is 17.4 Å². The van der Waals surface area contributed by atoms with Gasteiger partial charge in [-0.2, -0.15) is 5.10 Å². The smallest absolute Gasteiger partial charge is 0.275 e. The van der Waals surface area contributed by atoms with Crippen LogP contribution in [0.4, 0.5) is 5.13 Å². The quantitative estimate of drug-likeness (QED) is 0.753. The maximum Gasteiger partial charge on any atom is 0.275 e. The Hall–Kier alpha value is -2.26. The van der Waals surface area contributed by atoms with E-state index in [4.69, 9.17) is 0 Å². The summed E-state index contributed by atoms with van der Waals surface area (Å²) in [5.41, 5.74) is 1.87. The van der Waals surface area contributed by atoms with E-state index < -0.39 is 9.84 Å². The molecule has 0 spiro atoms. The molecule has 0 bridgehead atoms. The minimum atomic E-state index is -3.28. The van der Waals surface area contributed by atoms with Gasteiger partial charge in [0.15, 0.2) is 15.0 Å². The molecule has 0 aliphatic carbocycles. The van der Waals surface area contributed by atoms with E-state index in [9.17, 15) is 13.2 Å². The van der Waals surface area contributed by atoms with Crippen molar-refractivity contribution < 1.29 is 13.2 Å². The second-order valence-electron chi connectivity index (χ2n) is 6.08. The van der Waals surface area contributed by atoms with Crippen LogP contribution in [0.15, 0.2) is 29.2 Å². The number of anilines is 1. The number of sulfone groups is 1. The standard InChI is InChI=1S/C16H18N4O3S2/c1-9(2)20-13(7-10(3)19-20)15(21)18-16-17-12-6-5-11(25(4,22)23)8-14(12)24-16/h5-9H,1-4H3,(H,17,18,21). The van der Waals surface area contributed by atoms with Crippen LogP contribution in [0.3, 0.4) is 0 Å².